The van der Waals surface area contributed by atoms with Gasteiger partial charge in [-0.1, -0.05) is 40.5 Å². The second kappa shape index (κ2) is 9.76. The van der Waals surface area contributed by atoms with Gasteiger partial charge in [0.25, 0.3) is 0 Å². The van der Waals surface area contributed by atoms with E-state index in [0.29, 0.717) is 5.92 Å². The Morgan fingerprint density at radius 3 is 2.00 bits per heavy atom. The van der Waals surface area contributed by atoms with Crippen molar-refractivity contribution in [3.8, 4) is 0 Å². The van der Waals surface area contributed by atoms with E-state index in [9.17, 15) is 0 Å². The van der Waals surface area contributed by atoms with Gasteiger partial charge in [0, 0.05) is 20.1 Å². The SMILES string of the molecule is CC.CCCC1(CCC)CC(C(OC)OC)CO1. The molecule has 0 aromatic heterocycles. The van der Waals surface area contributed by atoms with E-state index in [-0.39, 0.29) is 11.9 Å². The van der Waals surface area contributed by atoms with Gasteiger partial charge in [0.1, 0.15) is 0 Å². The van der Waals surface area contributed by atoms with Gasteiger partial charge in [0.15, 0.2) is 6.29 Å². The van der Waals surface area contributed by atoms with Crippen LogP contribution in [-0.4, -0.2) is 32.7 Å². The Balaban J connectivity index is 0.00000137. The molecule has 0 N–H and O–H groups in total. The zero-order chi connectivity index (χ0) is 14.0. The zero-order valence-corrected chi connectivity index (χ0v) is 13.1. The standard InChI is InChI=1S/C13H26O3.C2H6/c1-5-7-13(8-6-2)9-11(10-16-13)12(14-3)15-4;1-2/h11-12H,5-10H2,1-4H3;1-2H3. The maximum absolute atomic E-state index is 6.06. The van der Waals surface area contributed by atoms with Crippen LogP contribution < -0.4 is 0 Å². The molecule has 1 unspecified atom stereocenters. The summed E-state index contributed by atoms with van der Waals surface area (Å²) < 4.78 is 16.7. The topological polar surface area (TPSA) is 27.7 Å². The van der Waals surface area contributed by atoms with Crippen LogP contribution in [0.3, 0.4) is 0 Å². The second-order valence-electron chi connectivity index (χ2n) is 4.80. The van der Waals surface area contributed by atoms with Crippen LogP contribution >= 0.6 is 0 Å². The minimum Gasteiger partial charge on any atom is -0.374 e. The van der Waals surface area contributed by atoms with Gasteiger partial charge < -0.3 is 14.2 Å². The fraction of sp³-hybridized carbons (Fsp3) is 1.00. The molecule has 3 heteroatoms. The summed E-state index contributed by atoms with van der Waals surface area (Å²) in [6.07, 6.45) is 5.61. The van der Waals surface area contributed by atoms with Crippen molar-refractivity contribution in [2.75, 3.05) is 20.8 Å². The number of methoxy groups -OCH3 is 2. The van der Waals surface area contributed by atoms with Gasteiger partial charge in [0.2, 0.25) is 0 Å². The fourth-order valence-electron chi connectivity index (χ4n) is 2.92. The van der Waals surface area contributed by atoms with Gasteiger partial charge in [-0.2, -0.15) is 0 Å². The van der Waals surface area contributed by atoms with E-state index in [4.69, 9.17) is 14.2 Å². The molecule has 0 bridgehead atoms. The van der Waals surface area contributed by atoms with Crippen molar-refractivity contribution in [2.24, 2.45) is 5.92 Å². The van der Waals surface area contributed by atoms with Gasteiger partial charge in [-0.3, -0.25) is 0 Å². The molecule has 110 valence electrons. The molecule has 1 aliphatic heterocycles. The smallest absolute Gasteiger partial charge is 0.161 e. The van der Waals surface area contributed by atoms with Crippen molar-refractivity contribution in [1.82, 2.24) is 0 Å². The monoisotopic (exact) mass is 260 g/mol. The van der Waals surface area contributed by atoms with E-state index in [1.54, 1.807) is 14.2 Å². The highest BCUT2D eigenvalue weighted by Gasteiger charge is 2.42. The fourth-order valence-corrected chi connectivity index (χ4v) is 2.92. The molecule has 1 fully saturated rings. The molecule has 0 aromatic rings. The van der Waals surface area contributed by atoms with Crippen molar-refractivity contribution >= 4 is 0 Å². The average molecular weight is 260 g/mol. The molecule has 18 heavy (non-hydrogen) atoms. The van der Waals surface area contributed by atoms with E-state index in [2.05, 4.69) is 13.8 Å². The lowest BCUT2D eigenvalue weighted by molar-refractivity contribution is -0.136. The molecule has 0 amide bonds. The number of rotatable bonds is 7. The Bertz CT molecular complexity index is 184. The summed E-state index contributed by atoms with van der Waals surface area (Å²) in [5.41, 5.74) is 0.0868. The lowest BCUT2D eigenvalue weighted by atomic mass is 9.86. The van der Waals surface area contributed by atoms with Crippen LogP contribution in [0.4, 0.5) is 0 Å². The Kier molecular flexibility index (Phi) is 9.70. The highest BCUT2D eigenvalue weighted by atomic mass is 16.7. The molecule has 0 aliphatic carbocycles. The van der Waals surface area contributed by atoms with Gasteiger partial charge >= 0.3 is 0 Å². The largest absolute Gasteiger partial charge is 0.374 e. The number of ether oxygens (including phenoxy) is 3. The summed E-state index contributed by atoms with van der Waals surface area (Å²) in [5, 5.41) is 0. The van der Waals surface area contributed by atoms with Crippen molar-refractivity contribution in [2.45, 2.75) is 71.7 Å². The van der Waals surface area contributed by atoms with Gasteiger partial charge in [0.05, 0.1) is 12.2 Å². The Hall–Kier alpha value is -0.120. The molecule has 1 atom stereocenters. The summed E-state index contributed by atoms with van der Waals surface area (Å²) in [7, 11) is 3.40. The molecule has 0 saturated carbocycles. The minimum atomic E-state index is -0.115. The van der Waals surface area contributed by atoms with Crippen molar-refractivity contribution in [3.63, 3.8) is 0 Å². The van der Waals surface area contributed by atoms with Crippen LogP contribution in [0.2, 0.25) is 0 Å². The Morgan fingerprint density at radius 2 is 1.61 bits per heavy atom. The van der Waals surface area contributed by atoms with Gasteiger partial charge in [-0.15, -0.1) is 0 Å². The number of hydrogen-bond donors (Lipinski definition) is 0. The van der Waals surface area contributed by atoms with Crippen LogP contribution in [0.5, 0.6) is 0 Å². The van der Waals surface area contributed by atoms with Crippen molar-refractivity contribution < 1.29 is 14.2 Å². The molecule has 3 nitrogen and oxygen atoms in total. The molecule has 0 spiro atoms. The third kappa shape index (κ3) is 4.87. The summed E-state index contributed by atoms with van der Waals surface area (Å²) in [5.74, 6) is 0.382. The molecule has 1 saturated heterocycles. The summed E-state index contributed by atoms with van der Waals surface area (Å²) in [4.78, 5) is 0. The Morgan fingerprint density at radius 1 is 1.11 bits per heavy atom. The van der Waals surface area contributed by atoms with E-state index < -0.39 is 0 Å². The molecule has 1 heterocycles. The molecule has 1 rings (SSSR count). The highest BCUT2D eigenvalue weighted by molar-refractivity contribution is 4.89. The first kappa shape index (κ1) is 17.9. The molecular formula is C15H32O3. The van der Waals surface area contributed by atoms with E-state index >= 15 is 0 Å². The normalized spacial score (nSPS) is 21.8. The zero-order valence-electron chi connectivity index (χ0n) is 13.1. The summed E-state index contributed by atoms with van der Waals surface area (Å²) in [6.45, 7) is 9.21. The van der Waals surface area contributed by atoms with Crippen molar-refractivity contribution in [1.29, 1.82) is 0 Å². The Labute approximate surface area is 113 Å². The van der Waals surface area contributed by atoms with Crippen LogP contribution in [0, 0.1) is 5.92 Å². The average Bonchev–Trinajstić information content (AvgIpc) is 2.79. The van der Waals surface area contributed by atoms with Crippen molar-refractivity contribution in [3.05, 3.63) is 0 Å². The van der Waals surface area contributed by atoms with Gasteiger partial charge in [-0.05, 0) is 19.3 Å². The first-order valence-corrected chi connectivity index (χ1v) is 7.41. The number of hydrogen-bond acceptors (Lipinski definition) is 3. The quantitative estimate of drug-likeness (QED) is 0.647. The highest BCUT2D eigenvalue weighted by Crippen LogP contribution is 2.39. The molecule has 1 aliphatic rings. The van der Waals surface area contributed by atoms with E-state index in [1.165, 1.54) is 12.8 Å². The van der Waals surface area contributed by atoms with Gasteiger partial charge in [-0.25, -0.2) is 0 Å². The summed E-state index contributed by atoms with van der Waals surface area (Å²) >= 11 is 0. The lowest BCUT2D eigenvalue weighted by Crippen LogP contribution is -2.30. The van der Waals surface area contributed by atoms with Crippen LogP contribution in [0.15, 0.2) is 0 Å². The maximum atomic E-state index is 6.06. The molecular weight excluding hydrogens is 228 g/mol. The third-order valence-corrected chi connectivity index (χ3v) is 3.50. The van der Waals surface area contributed by atoms with Crippen LogP contribution in [0.1, 0.15) is 59.8 Å². The molecule has 0 radical (unpaired) electrons. The minimum absolute atomic E-state index is 0.0868. The van der Waals surface area contributed by atoms with Crippen LogP contribution in [-0.2, 0) is 14.2 Å². The third-order valence-electron chi connectivity index (χ3n) is 3.50. The van der Waals surface area contributed by atoms with E-state index in [1.807, 2.05) is 13.8 Å². The predicted molar refractivity (Wildman–Crippen MR) is 75.8 cm³/mol. The first-order valence-electron chi connectivity index (χ1n) is 7.41. The maximum Gasteiger partial charge on any atom is 0.161 e. The summed E-state index contributed by atoms with van der Waals surface area (Å²) in [6, 6.07) is 0. The molecule has 0 aromatic carbocycles. The van der Waals surface area contributed by atoms with E-state index in [0.717, 1.165) is 25.9 Å². The predicted octanol–water partition coefficient (Wildman–Crippen LogP) is 4.01. The first-order chi connectivity index (χ1) is 8.71. The second-order valence-corrected chi connectivity index (χ2v) is 4.80. The van der Waals surface area contributed by atoms with Crippen LogP contribution in [0.25, 0.3) is 0 Å². The lowest BCUT2D eigenvalue weighted by Gasteiger charge is -2.28.